The minimum atomic E-state index is -2.94. The van der Waals surface area contributed by atoms with Gasteiger partial charge in [0, 0.05) is 40.5 Å². The number of hydrogen-bond acceptors (Lipinski definition) is 5. The molecular formula is C29H31ClFN5O3S. The maximum absolute atomic E-state index is 14.6. The summed E-state index contributed by atoms with van der Waals surface area (Å²) in [5.74, 6) is 2.55. The van der Waals surface area contributed by atoms with Crippen LogP contribution in [0.4, 0.5) is 16.0 Å². The van der Waals surface area contributed by atoms with Crippen LogP contribution in [-0.4, -0.2) is 49.7 Å². The Labute approximate surface area is 238 Å². The van der Waals surface area contributed by atoms with E-state index in [1.807, 2.05) is 0 Å². The summed E-state index contributed by atoms with van der Waals surface area (Å²) in [5, 5.41) is 3.41. The van der Waals surface area contributed by atoms with Crippen molar-refractivity contribution in [3.8, 4) is 0 Å². The standard InChI is InChI=1S/C29H31ClFN5O3S/c1-40(39)18-15-25(36(40)29-32-16-8-17-33-29)28(38)35(22-12-7-9-20(31)19-22)26(23-13-5-6-14-24(23)30)27(37)34-21-10-3-2-4-11-21/h5-9,12-14,16-17,19,21,25-26H,1-4,10-11,15,18H2,(H,34,37)/t25-,26?,40?/m0/s1. The minimum absolute atomic E-state index is 0.0463. The van der Waals surface area contributed by atoms with Gasteiger partial charge in [-0.1, -0.05) is 55.1 Å². The van der Waals surface area contributed by atoms with Crippen LogP contribution >= 0.6 is 11.6 Å². The minimum Gasteiger partial charge on any atom is -0.351 e. The average molecular weight is 584 g/mol. The van der Waals surface area contributed by atoms with Gasteiger partial charge < -0.3 is 5.32 Å². The molecule has 210 valence electrons. The van der Waals surface area contributed by atoms with E-state index in [1.165, 1.54) is 39.8 Å². The molecule has 1 aliphatic carbocycles. The van der Waals surface area contributed by atoms with Crippen molar-refractivity contribution in [1.29, 1.82) is 0 Å². The normalized spacial score (nSPS) is 22.1. The maximum atomic E-state index is 14.6. The zero-order valence-electron chi connectivity index (χ0n) is 21.9. The van der Waals surface area contributed by atoms with E-state index in [0.29, 0.717) is 5.56 Å². The number of hydrogen-bond donors (Lipinski definition) is 1. The van der Waals surface area contributed by atoms with Gasteiger partial charge in [0.25, 0.3) is 5.91 Å². The first-order valence-corrected chi connectivity index (χ1v) is 15.5. The summed E-state index contributed by atoms with van der Waals surface area (Å²) in [6.07, 6.45) is 7.95. The highest BCUT2D eigenvalue weighted by Gasteiger charge is 2.45. The topological polar surface area (TPSA) is 95.5 Å². The number of nitrogens with zero attached hydrogens (tertiary/aromatic N) is 4. The van der Waals surface area contributed by atoms with Crippen molar-refractivity contribution in [2.45, 2.75) is 56.7 Å². The largest absolute Gasteiger partial charge is 0.351 e. The third kappa shape index (κ3) is 5.83. The van der Waals surface area contributed by atoms with Crippen molar-refractivity contribution in [2.24, 2.45) is 0 Å². The van der Waals surface area contributed by atoms with Crippen molar-refractivity contribution in [3.63, 3.8) is 0 Å². The lowest BCUT2D eigenvalue weighted by Crippen LogP contribution is -2.53. The Morgan fingerprint density at radius 3 is 2.48 bits per heavy atom. The summed E-state index contributed by atoms with van der Waals surface area (Å²) in [6.45, 7) is 0. The number of carbonyl (C=O) groups is 2. The Hall–Kier alpha value is -3.50. The average Bonchev–Trinajstić information content (AvgIpc) is 3.27. The summed E-state index contributed by atoms with van der Waals surface area (Å²) >= 11 is 6.62. The van der Waals surface area contributed by atoms with Crippen molar-refractivity contribution in [3.05, 3.63) is 83.4 Å². The molecule has 1 aromatic heterocycles. The van der Waals surface area contributed by atoms with Gasteiger partial charge in [0.15, 0.2) is 0 Å². The zero-order chi connectivity index (χ0) is 28.3. The van der Waals surface area contributed by atoms with Gasteiger partial charge in [0.1, 0.15) is 17.9 Å². The van der Waals surface area contributed by atoms with E-state index in [-0.39, 0.29) is 34.9 Å². The number of nitrogens with one attached hydrogen (secondary N) is 1. The quantitative estimate of drug-likeness (QED) is 0.407. The molecule has 1 saturated carbocycles. The first-order chi connectivity index (χ1) is 19.3. The highest BCUT2D eigenvalue weighted by atomic mass is 35.5. The number of aromatic nitrogens is 2. The van der Waals surface area contributed by atoms with Crippen LogP contribution in [0.25, 0.3) is 0 Å². The van der Waals surface area contributed by atoms with Gasteiger partial charge in [-0.15, -0.1) is 0 Å². The fourth-order valence-corrected chi connectivity index (χ4v) is 7.55. The van der Waals surface area contributed by atoms with E-state index in [0.717, 1.165) is 32.1 Å². The molecule has 0 spiro atoms. The monoisotopic (exact) mass is 583 g/mol. The van der Waals surface area contributed by atoms with Gasteiger partial charge in [0.05, 0.1) is 9.71 Å². The van der Waals surface area contributed by atoms with E-state index >= 15 is 0 Å². The molecule has 0 radical (unpaired) electrons. The van der Waals surface area contributed by atoms with Crippen LogP contribution in [0, 0.1) is 5.82 Å². The van der Waals surface area contributed by atoms with Crippen molar-refractivity contribution < 1.29 is 18.2 Å². The molecule has 1 aliphatic heterocycles. The summed E-state index contributed by atoms with van der Waals surface area (Å²) in [5.41, 5.74) is 0.566. The van der Waals surface area contributed by atoms with Crippen molar-refractivity contribution in [1.82, 2.24) is 15.3 Å². The molecule has 3 atom stereocenters. The second kappa shape index (κ2) is 11.9. The molecule has 8 nitrogen and oxygen atoms in total. The molecular weight excluding hydrogens is 553 g/mol. The van der Waals surface area contributed by atoms with Crippen LogP contribution in [0.1, 0.15) is 50.1 Å². The van der Waals surface area contributed by atoms with Gasteiger partial charge in [-0.05, 0) is 55.5 Å². The van der Waals surface area contributed by atoms with E-state index in [1.54, 1.807) is 36.4 Å². The van der Waals surface area contributed by atoms with E-state index in [2.05, 4.69) is 21.2 Å². The fraction of sp³-hybridized carbons (Fsp3) is 0.345. The van der Waals surface area contributed by atoms with Crippen LogP contribution in [0.15, 0.2) is 67.0 Å². The number of benzene rings is 2. The molecule has 2 aliphatic rings. The second-order valence-electron chi connectivity index (χ2n) is 10.1. The Balaban J connectivity index is 1.63. The van der Waals surface area contributed by atoms with Crippen LogP contribution in [0.2, 0.25) is 5.02 Å². The van der Waals surface area contributed by atoms with E-state index < -0.39 is 39.4 Å². The molecule has 2 aromatic carbocycles. The fourth-order valence-electron chi connectivity index (χ4n) is 5.47. The van der Waals surface area contributed by atoms with Crippen LogP contribution in [-0.2, 0) is 19.3 Å². The van der Waals surface area contributed by atoms with E-state index in [4.69, 9.17) is 11.6 Å². The Morgan fingerprint density at radius 1 is 1.05 bits per heavy atom. The Bertz CT molecular complexity index is 1480. The summed E-state index contributed by atoms with van der Waals surface area (Å²) < 4.78 is 29.5. The first kappa shape index (κ1) is 28.0. The lowest BCUT2D eigenvalue weighted by Gasteiger charge is -2.36. The number of anilines is 2. The first-order valence-electron chi connectivity index (χ1n) is 13.3. The number of carbonyl (C=O) groups excluding carboxylic acids is 2. The molecule has 2 heterocycles. The third-order valence-electron chi connectivity index (χ3n) is 7.37. The highest BCUT2D eigenvalue weighted by Crippen LogP contribution is 2.36. The van der Waals surface area contributed by atoms with Gasteiger partial charge in [-0.25, -0.2) is 18.6 Å². The van der Waals surface area contributed by atoms with Crippen molar-refractivity contribution >= 4 is 50.6 Å². The van der Waals surface area contributed by atoms with Gasteiger partial charge in [0.2, 0.25) is 11.9 Å². The van der Waals surface area contributed by atoms with Crippen LogP contribution < -0.4 is 14.5 Å². The number of amides is 2. The summed E-state index contributed by atoms with van der Waals surface area (Å²) in [6, 6.07) is 11.7. The maximum Gasteiger partial charge on any atom is 0.251 e. The molecule has 1 N–H and O–H groups in total. The number of halogens is 2. The third-order valence-corrected chi connectivity index (χ3v) is 9.72. The summed E-state index contributed by atoms with van der Waals surface area (Å²) in [4.78, 5) is 38.4. The molecule has 2 unspecified atom stereocenters. The lowest BCUT2D eigenvalue weighted by atomic mass is 9.94. The van der Waals surface area contributed by atoms with E-state index in [9.17, 15) is 18.2 Å². The van der Waals surface area contributed by atoms with Crippen LogP contribution in [0.3, 0.4) is 0 Å². The predicted octanol–water partition coefficient (Wildman–Crippen LogP) is 4.70. The molecule has 2 fully saturated rings. The smallest absolute Gasteiger partial charge is 0.251 e. The Kier molecular flexibility index (Phi) is 8.37. The molecule has 1 saturated heterocycles. The second-order valence-corrected chi connectivity index (χ2v) is 12.9. The van der Waals surface area contributed by atoms with Crippen LogP contribution in [0.5, 0.6) is 0 Å². The zero-order valence-corrected chi connectivity index (χ0v) is 23.5. The predicted molar refractivity (Wildman–Crippen MR) is 156 cm³/mol. The van der Waals surface area contributed by atoms with Gasteiger partial charge in [-0.2, -0.15) is 0 Å². The molecule has 3 aromatic rings. The number of rotatable bonds is 7. The Morgan fingerprint density at radius 2 is 1.77 bits per heavy atom. The molecule has 0 bridgehead atoms. The molecule has 11 heteroatoms. The lowest BCUT2D eigenvalue weighted by molar-refractivity contribution is -0.127. The van der Waals surface area contributed by atoms with Gasteiger partial charge in [-0.3, -0.25) is 18.8 Å². The summed E-state index contributed by atoms with van der Waals surface area (Å²) in [7, 11) is -2.94. The van der Waals surface area contributed by atoms with Gasteiger partial charge >= 0.3 is 0 Å². The van der Waals surface area contributed by atoms with Crippen molar-refractivity contribution in [2.75, 3.05) is 15.0 Å². The highest BCUT2D eigenvalue weighted by molar-refractivity contribution is 8.01. The SMILES string of the molecule is C=S1(=O)CC[C@@H](C(=O)N(c2cccc(F)c2)C(C(=O)NC2CCCCC2)c2ccccc2Cl)N1c1ncccn1. The molecule has 5 rings (SSSR count). The molecule has 2 amide bonds. The molecule has 40 heavy (non-hydrogen) atoms.